The van der Waals surface area contributed by atoms with E-state index in [1.54, 1.807) is 4.90 Å². The van der Waals surface area contributed by atoms with Crippen LogP contribution in [0, 0.1) is 5.92 Å². The van der Waals surface area contributed by atoms with Crippen LogP contribution in [0.15, 0.2) is 30.3 Å². The SMILES string of the molecule is CN1C(=O)OC(N2CCN(CC(=O)O)CC2)C1CCCCC1CCN(Cc2ccccc2)CC1. The van der Waals surface area contributed by atoms with Crippen molar-refractivity contribution in [2.75, 3.05) is 52.9 Å². The van der Waals surface area contributed by atoms with Gasteiger partial charge in [0.1, 0.15) is 0 Å². The zero-order valence-corrected chi connectivity index (χ0v) is 20.5. The lowest BCUT2D eigenvalue weighted by Crippen LogP contribution is -2.54. The van der Waals surface area contributed by atoms with Crippen LogP contribution in [0.5, 0.6) is 0 Å². The van der Waals surface area contributed by atoms with Crippen molar-refractivity contribution >= 4 is 12.1 Å². The summed E-state index contributed by atoms with van der Waals surface area (Å²) in [6.07, 6.45) is 6.62. The third-order valence-electron chi connectivity index (χ3n) is 7.78. The van der Waals surface area contributed by atoms with Gasteiger partial charge in [-0.1, -0.05) is 49.6 Å². The van der Waals surface area contributed by atoms with E-state index in [0.717, 1.165) is 38.4 Å². The molecule has 0 aliphatic carbocycles. The number of benzene rings is 1. The van der Waals surface area contributed by atoms with Crippen molar-refractivity contribution in [3.63, 3.8) is 0 Å². The molecule has 0 aromatic heterocycles. The molecule has 3 aliphatic heterocycles. The fourth-order valence-electron chi connectivity index (χ4n) is 5.67. The van der Waals surface area contributed by atoms with Gasteiger partial charge in [0.2, 0.25) is 0 Å². The molecule has 0 bridgehead atoms. The first kappa shape index (κ1) is 24.9. The van der Waals surface area contributed by atoms with E-state index >= 15 is 0 Å². The number of likely N-dealkylation sites (tertiary alicyclic amines) is 1. The van der Waals surface area contributed by atoms with Crippen molar-refractivity contribution in [1.82, 2.24) is 19.6 Å². The summed E-state index contributed by atoms with van der Waals surface area (Å²) in [4.78, 5) is 31.7. The highest BCUT2D eigenvalue weighted by Gasteiger charge is 2.43. The van der Waals surface area contributed by atoms with Gasteiger partial charge in [0, 0.05) is 39.8 Å². The first-order valence-electron chi connectivity index (χ1n) is 12.9. The third-order valence-corrected chi connectivity index (χ3v) is 7.78. The van der Waals surface area contributed by atoms with E-state index in [1.165, 1.54) is 44.3 Å². The van der Waals surface area contributed by atoms with E-state index in [4.69, 9.17) is 9.84 Å². The number of cyclic esters (lactones) is 1. The number of aliphatic carboxylic acids is 1. The molecule has 1 amide bonds. The number of ether oxygens (including phenoxy) is 1. The van der Waals surface area contributed by atoms with Crippen LogP contribution in [0.1, 0.15) is 44.1 Å². The minimum Gasteiger partial charge on any atom is -0.480 e. The molecule has 3 fully saturated rings. The van der Waals surface area contributed by atoms with Gasteiger partial charge in [-0.15, -0.1) is 0 Å². The lowest BCUT2D eigenvalue weighted by Gasteiger charge is -2.38. The summed E-state index contributed by atoms with van der Waals surface area (Å²) in [6, 6.07) is 10.8. The summed E-state index contributed by atoms with van der Waals surface area (Å²) < 4.78 is 5.72. The van der Waals surface area contributed by atoms with Crippen molar-refractivity contribution < 1.29 is 19.4 Å². The van der Waals surface area contributed by atoms with E-state index in [0.29, 0.717) is 13.1 Å². The van der Waals surface area contributed by atoms with Gasteiger partial charge in [-0.25, -0.2) is 4.79 Å². The van der Waals surface area contributed by atoms with Crippen LogP contribution in [0.4, 0.5) is 4.79 Å². The summed E-state index contributed by atoms with van der Waals surface area (Å²) in [6.45, 7) is 6.36. The molecule has 3 heterocycles. The highest BCUT2D eigenvalue weighted by Crippen LogP contribution is 2.28. The summed E-state index contributed by atoms with van der Waals surface area (Å²) in [5.74, 6) is 0.0181. The number of carbonyl (C=O) groups is 2. The number of likely N-dealkylation sites (N-methyl/N-ethyl adjacent to an activating group) is 1. The van der Waals surface area contributed by atoms with Crippen LogP contribution < -0.4 is 0 Å². The van der Waals surface area contributed by atoms with Crippen molar-refractivity contribution in [3.05, 3.63) is 35.9 Å². The van der Waals surface area contributed by atoms with Gasteiger partial charge in [-0.2, -0.15) is 0 Å². The van der Waals surface area contributed by atoms with Crippen LogP contribution in [0.2, 0.25) is 0 Å². The van der Waals surface area contributed by atoms with Gasteiger partial charge < -0.3 is 14.7 Å². The Bertz CT molecular complexity index is 791. The van der Waals surface area contributed by atoms with Gasteiger partial charge in [-0.05, 0) is 43.8 Å². The van der Waals surface area contributed by atoms with Crippen LogP contribution in [0.25, 0.3) is 0 Å². The number of carboxylic acid groups (broad SMARTS) is 1. The standard InChI is InChI=1S/C26H40N4O4/c1-27-23(25(34-26(27)33)30-17-15-29(16-18-30)20-24(31)32)10-6-5-7-21-11-13-28(14-12-21)19-22-8-3-2-4-9-22/h2-4,8-9,21,23,25H,5-7,10-20H2,1H3,(H,31,32). The Morgan fingerprint density at radius 2 is 1.65 bits per heavy atom. The second-order valence-corrected chi connectivity index (χ2v) is 10.1. The van der Waals surface area contributed by atoms with Crippen LogP contribution >= 0.6 is 0 Å². The Kier molecular flexibility index (Phi) is 8.80. The maximum absolute atomic E-state index is 12.3. The Hall–Kier alpha value is -2.16. The van der Waals surface area contributed by atoms with E-state index < -0.39 is 5.97 Å². The first-order valence-corrected chi connectivity index (χ1v) is 12.9. The number of carbonyl (C=O) groups excluding carboxylic acids is 1. The molecule has 34 heavy (non-hydrogen) atoms. The number of piperazine rings is 1. The molecule has 0 radical (unpaired) electrons. The normalized spacial score (nSPS) is 25.6. The van der Waals surface area contributed by atoms with Crippen molar-refractivity contribution in [1.29, 1.82) is 0 Å². The number of carboxylic acids is 1. The molecule has 3 aliphatic rings. The molecule has 2 unspecified atom stereocenters. The summed E-state index contributed by atoms with van der Waals surface area (Å²) in [5, 5.41) is 9.01. The summed E-state index contributed by atoms with van der Waals surface area (Å²) in [5.41, 5.74) is 1.40. The molecule has 1 N–H and O–H groups in total. The summed E-state index contributed by atoms with van der Waals surface area (Å²) in [7, 11) is 1.84. The molecule has 4 rings (SSSR count). The first-order chi connectivity index (χ1) is 16.5. The van der Waals surface area contributed by atoms with Crippen molar-refractivity contribution in [2.45, 2.75) is 57.3 Å². The van der Waals surface area contributed by atoms with Crippen molar-refractivity contribution in [2.24, 2.45) is 5.92 Å². The quantitative estimate of drug-likeness (QED) is 0.525. The Balaban J connectivity index is 1.16. The molecule has 188 valence electrons. The van der Waals surface area contributed by atoms with Gasteiger partial charge in [0.05, 0.1) is 12.6 Å². The lowest BCUT2D eigenvalue weighted by molar-refractivity contribution is -0.139. The van der Waals surface area contributed by atoms with E-state index in [1.807, 2.05) is 11.9 Å². The Morgan fingerprint density at radius 3 is 2.32 bits per heavy atom. The minimum absolute atomic E-state index is 0.0752. The number of unbranched alkanes of at least 4 members (excludes halogenated alkanes) is 1. The molecule has 2 atom stereocenters. The zero-order valence-electron chi connectivity index (χ0n) is 20.5. The maximum atomic E-state index is 12.3. The number of amides is 1. The largest absolute Gasteiger partial charge is 0.480 e. The molecule has 3 saturated heterocycles. The number of nitrogens with zero attached hydrogens (tertiary/aromatic N) is 4. The number of hydrogen-bond donors (Lipinski definition) is 1. The van der Waals surface area contributed by atoms with Gasteiger partial charge in [0.25, 0.3) is 0 Å². The molecule has 1 aromatic rings. The highest BCUT2D eigenvalue weighted by atomic mass is 16.6. The Morgan fingerprint density at radius 1 is 0.971 bits per heavy atom. The van der Waals surface area contributed by atoms with Gasteiger partial charge in [-0.3, -0.25) is 19.5 Å². The molecular formula is C26H40N4O4. The Labute approximate surface area is 203 Å². The van der Waals surface area contributed by atoms with Crippen molar-refractivity contribution in [3.8, 4) is 0 Å². The number of rotatable bonds is 10. The van der Waals surface area contributed by atoms with E-state index in [-0.39, 0.29) is 24.9 Å². The predicted molar refractivity (Wildman–Crippen MR) is 130 cm³/mol. The van der Waals surface area contributed by atoms with E-state index in [9.17, 15) is 9.59 Å². The molecule has 0 spiro atoms. The predicted octanol–water partition coefficient (Wildman–Crippen LogP) is 2.94. The fourth-order valence-corrected chi connectivity index (χ4v) is 5.67. The number of piperidine rings is 1. The van der Waals surface area contributed by atoms with Crippen LogP contribution in [-0.2, 0) is 16.1 Å². The van der Waals surface area contributed by atoms with Crippen LogP contribution in [0.3, 0.4) is 0 Å². The fraction of sp³-hybridized carbons (Fsp3) is 0.692. The molecule has 0 saturated carbocycles. The minimum atomic E-state index is -0.791. The molecule has 8 heteroatoms. The molecular weight excluding hydrogens is 432 g/mol. The summed E-state index contributed by atoms with van der Waals surface area (Å²) >= 11 is 0. The average molecular weight is 473 g/mol. The average Bonchev–Trinajstić information content (AvgIpc) is 3.12. The maximum Gasteiger partial charge on any atom is 0.411 e. The topological polar surface area (TPSA) is 76.6 Å². The lowest BCUT2D eigenvalue weighted by atomic mass is 9.90. The molecule has 8 nitrogen and oxygen atoms in total. The van der Waals surface area contributed by atoms with Gasteiger partial charge in [0.15, 0.2) is 6.23 Å². The van der Waals surface area contributed by atoms with E-state index in [2.05, 4.69) is 40.1 Å². The number of hydrogen-bond acceptors (Lipinski definition) is 6. The second-order valence-electron chi connectivity index (χ2n) is 10.1. The highest BCUT2D eigenvalue weighted by molar-refractivity contribution is 5.70. The van der Waals surface area contributed by atoms with Gasteiger partial charge >= 0.3 is 12.1 Å². The molecule has 1 aromatic carbocycles. The second kappa shape index (κ2) is 12.0. The smallest absolute Gasteiger partial charge is 0.411 e. The van der Waals surface area contributed by atoms with Crippen LogP contribution in [-0.4, -0.2) is 102 Å². The zero-order chi connectivity index (χ0) is 23.9. The monoisotopic (exact) mass is 472 g/mol. The third kappa shape index (κ3) is 6.71.